The van der Waals surface area contributed by atoms with Crippen LogP contribution in [-0.2, 0) is 6.18 Å². The molecule has 2 N–H and O–H groups in total. The summed E-state index contributed by atoms with van der Waals surface area (Å²) in [7, 11) is 0. The van der Waals surface area contributed by atoms with Gasteiger partial charge >= 0.3 is 6.18 Å². The van der Waals surface area contributed by atoms with Gasteiger partial charge in [0.1, 0.15) is 17.6 Å². The molecule has 0 bridgehead atoms. The van der Waals surface area contributed by atoms with E-state index in [1.807, 2.05) is 19.1 Å². The summed E-state index contributed by atoms with van der Waals surface area (Å²) in [5.41, 5.74) is -0.300. The minimum Gasteiger partial charge on any atom is -0.384 e. The van der Waals surface area contributed by atoms with Crippen LogP contribution < -0.4 is 5.32 Å². The van der Waals surface area contributed by atoms with Crippen LogP contribution in [0.2, 0.25) is 0 Å². The zero-order chi connectivity index (χ0) is 26.0. The summed E-state index contributed by atoms with van der Waals surface area (Å²) in [4.78, 5) is 13.0. The molecule has 1 amide bonds. The van der Waals surface area contributed by atoms with Gasteiger partial charge in [-0.1, -0.05) is 42.0 Å². The molecule has 6 nitrogen and oxygen atoms in total. The van der Waals surface area contributed by atoms with Crippen LogP contribution in [-0.4, -0.2) is 20.8 Å². The lowest BCUT2D eigenvalue weighted by atomic mass is 9.99. The number of hydrogen-bond donors (Lipinski definition) is 2. The highest BCUT2D eigenvalue weighted by Crippen LogP contribution is 2.31. The number of halogens is 4. The van der Waals surface area contributed by atoms with E-state index < -0.39 is 35.4 Å². The third-order valence-corrected chi connectivity index (χ3v) is 5.36. The average Bonchev–Trinajstić information content (AvgIpc) is 3.31. The number of nitriles is 1. The molecule has 0 aliphatic heterocycles. The quantitative estimate of drug-likeness (QED) is 0.356. The molecule has 4 rings (SSSR count). The van der Waals surface area contributed by atoms with Gasteiger partial charge in [0.15, 0.2) is 5.69 Å². The van der Waals surface area contributed by atoms with Gasteiger partial charge in [0, 0.05) is 6.07 Å². The van der Waals surface area contributed by atoms with Crippen LogP contribution in [0.25, 0.3) is 5.69 Å². The largest absolute Gasteiger partial charge is 0.435 e. The van der Waals surface area contributed by atoms with E-state index in [1.54, 1.807) is 18.2 Å². The third-order valence-electron chi connectivity index (χ3n) is 5.36. The number of nitrogens with one attached hydrogen (secondary N) is 1. The number of aryl methyl sites for hydroxylation is 1. The van der Waals surface area contributed by atoms with Gasteiger partial charge in [0.05, 0.1) is 23.0 Å². The summed E-state index contributed by atoms with van der Waals surface area (Å²) in [5.74, 6) is -1.92. The summed E-state index contributed by atoms with van der Waals surface area (Å²) in [6.07, 6.45) is -5.98. The van der Waals surface area contributed by atoms with Gasteiger partial charge in [-0.05, 0) is 48.4 Å². The van der Waals surface area contributed by atoms with Crippen molar-refractivity contribution < 1.29 is 27.5 Å². The Morgan fingerprint density at radius 1 is 1.06 bits per heavy atom. The third kappa shape index (κ3) is 5.11. The van der Waals surface area contributed by atoms with Gasteiger partial charge in [-0.3, -0.25) is 4.79 Å². The van der Waals surface area contributed by atoms with Crippen molar-refractivity contribution in [2.75, 3.05) is 5.32 Å². The van der Waals surface area contributed by atoms with Crippen LogP contribution in [0.1, 0.15) is 44.5 Å². The monoisotopic (exact) mass is 494 g/mol. The van der Waals surface area contributed by atoms with Gasteiger partial charge in [-0.25, -0.2) is 9.07 Å². The molecule has 0 fully saturated rings. The van der Waals surface area contributed by atoms with E-state index >= 15 is 0 Å². The lowest BCUT2D eigenvalue weighted by Crippen LogP contribution is -2.18. The molecular formula is C26H18F4N4O2. The van der Waals surface area contributed by atoms with E-state index in [0.717, 1.165) is 16.3 Å². The maximum Gasteiger partial charge on any atom is 0.435 e. The first-order valence-corrected chi connectivity index (χ1v) is 10.6. The van der Waals surface area contributed by atoms with Crippen LogP contribution in [0.4, 0.5) is 23.2 Å². The van der Waals surface area contributed by atoms with Crippen molar-refractivity contribution in [3.63, 3.8) is 0 Å². The Balaban J connectivity index is 1.71. The maximum atomic E-state index is 14.6. The Hall–Kier alpha value is -4.49. The van der Waals surface area contributed by atoms with Crippen molar-refractivity contribution in [3.05, 3.63) is 112 Å². The van der Waals surface area contributed by atoms with Gasteiger partial charge in [-0.2, -0.15) is 23.5 Å². The fourth-order valence-corrected chi connectivity index (χ4v) is 3.61. The predicted octanol–water partition coefficient (Wildman–Crippen LogP) is 5.54. The van der Waals surface area contributed by atoms with Crippen LogP contribution >= 0.6 is 0 Å². The van der Waals surface area contributed by atoms with E-state index in [2.05, 4.69) is 10.4 Å². The van der Waals surface area contributed by atoms with Crippen molar-refractivity contribution in [2.24, 2.45) is 0 Å². The van der Waals surface area contributed by atoms with Crippen LogP contribution in [0.5, 0.6) is 0 Å². The lowest BCUT2D eigenvalue weighted by Gasteiger charge is -2.15. The first-order chi connectivity index (χ1) is 17.1. The van der Waals surface area contributed by atoms with Gasteiger partial charge < -0.3 is 10.4 Å². The molecule has 10 heteroatoms. The van der Waals surface area contributed by atoms with Crippen molar-refractivity contribution >= 4 is 11.6 Å². The molecule has 1 atom stereocenters. The number of hydrogen-bond acceptors (Lipinski definition) is 4. The van der Waals surface area contributed by atoms with Crippen LogP contribution in [0, 0.1) is 24.1 Å². The van der Waals surface area contributed by atoms with Crippen molar-refractivity contribution in [2.45, 2.75) is 19.2 Å². The normalized spacial score (nSPS) is 12.1. The Bertz CT molecular complexity index is 1490. The Morgan fingerprint density at radius 2 is 1.78 bits per heavy atom. The summed E-state index contributed by atoms with van der Waals surface area (Å²) >= 11 is 0. The molecular weight excluding hydrogens is 476 g/mol. The number of aliphatic hydroxyl groups is 1. The molecule has 182 valence electrons. The van der Waals surface area contributed by atoms with Crippen molar-refractivity contribution in [1.82, 2.24) is 9.78 Å². The van der Waals surface area contributed by atoms with Crippen LogP contribution in [0.15, 0.2) is 72.8 Å². The van der Waals surface area contributed by atoms with E-state index in [4.69, 9.17) is 5.26 Å². The average molecular weight is 494 g/mol. The number of anilines is 1. The molecule has 3 aromatic carbocycles. The van der Waals surface area contributed by atoms with E-state index in [9.17, 15) is 27.5 Å². The second kappa shape index (κ2) is 9.64. The smallest absolute Gasteiger partial charge is 0.384 e. The minimum absolute atomic E-state index is 0.0405. The fraction of sp³-hybridized carbons (Fsp3) is 0.115. The number of carbonyl (C=O) groups is 1. The molecule has 1 heterocycles. The SMILES string of the molecule is Cc1cccc(C(O)c2ccc(F)c(NC(=O)c3cc(C(F)(F)F)nn3-c3cccc(C#N)c3)c2)c1. The Labute approximate surface area is 203 Å². The van der Waals surface area contributed by atoms with Crippen LogP contribution in [0.3, 0.4) is 0 Å². The molecule has 36 heavy (non-hydrogen) atoms. The molecule has 1 unspecified atom stereocenters. The molecule has 0 radical (unpaired) electrons. The summed E-state index contributed by atoms with van der Waals surface area (Å²) in [6, 6.07) is 18.6. The highest BCUT2D eigenvalue weighted by molar-refractivity contribution is 6.03. The highest BCUT2D eigenvalue weighted by atomic mass is 19.4. The molecule has 0 saturated carbocycles. The summed E-state index contributed by atoms with van der Waals surface area (Å²) in [6.45, 7) is 1.84. The molecule has 4 aromatic rings. The number of carbonyl (C=O) groups excluding carboxylic acids is 1. The molecule has 0 spiro atoms. The number of nitrogens with zero attached hydrogens (tertiary/aromatic N) is 3. The van der Waals surface area contributed by atoms with E-state index in [1.165, 1.54) is 36.4 Å². The molecule has 0 saturated heterocycles. The topological polar surface area (TPSA) is 90.9 Å². The number of benzene rings is 3. The number of rotatable bonds is 5. The first kappa shape index (κ1) is 24.6. The molecule has 1 aromatic heterocycles. The number of aliphatic hydroxyl groups excluding tert-OH is 1. The van der Waals surface area contributed by atoms with Gasteiger partial charge in [0.25, 0.3) is 5.91 Å². The van der Waals surface area contributed by atoms with E-state index in [-0.39, 0.29) is 22.5 Å². The second-order valence-corrected chi connectivity index (χ2v) is 8.00. The lowest BCUT2D eigenvalue weighted by molar-refractivity contribution is -0.141. The molecule has 0 aliphatic rings. The van der Waals surface area contributed by atoms with Gasteiger partial charge in [0.2, 0.25) is 0 Å². The maximum absolute atomic E-state index is 14.6. The minimum atomic E-state index is -4.85. The Kier molecular flexibility index (Phi) is 6.59. The zero-order valence-electron chi connectivity index (χ0n) is 18.7. The standard InChI is InChI=1S/C26H18F4N4O2/c1-15-4-2-6-17(10-15)24(35)18-8-9-20(27)21(12-18)32-25(36)22-13-23(26(28,29)30)33-34(22)19-7-3-5-16(11-19)14-31/h2-13,24,35H,1H3,(H,32,36). The molecule has 0 aliphatic carbocycles. The summed E-state index contributed by atoms with van der Waals surface area (Å²) < 4.78 is 55.4. The predicted molar refractivity (Wildman–Crippen MR) is 123 cm³/mol. The summed E-state index contributed by atoms with van der Waals surface area (Å²) in [5, 5.41) is 25.6. The number of aromatic nitrogens is 2. The number of amides is 1. The Morgan fingerprint density at radius 3 is 2.47 bits per heavy atom. The van der Waals surface area contributed by atoms with E-state index in [0.29, 0.717) is 11.6 Å². The van der Waals surface area contributed by atoms with Gasteiger partial charge in [-0.15, -0.1) is 0 Å². The second-order valence-electron chi connectivity index (χ2n) is 8.00. The number of alkyl halides is 3. The van der Waals surface area contributed by atoms with Crippen molar-refractivity contribution in [1.29, 1.82) is 5.26 Å². The fourth-order valence-electron chi connectivity index (χ4n) is 3.61. The van der Waals surface area contributed by atoms with Crippen molar-refractivity contribution in [3.8, 4) is 11.8 Å². The zero-order valence-corrected chi connectivity index (χ0v) is 18.7. The first-order valence-electron chi connectivity index (χ1n) is 10.6. The highest BCUT2D eigenvalue weighted by Gasteiger charge is 2.36.